The monoisotopic (exact) mass is 590 g/mol. The molecule has 38 heavy (non-hydrogen) atoms. The first-order chi connectivity index (χ1) is 18.7. The molecule has 0 aliphatic carbocycles. The van der Waals surface area contributed by atoms with Crippen LogP contribution in [0.25, 0.3) is 53.1 Å². The minimum absolute atomic E-state index is 0.982. The summed E-state index contributed by atoms with van der Waals surface area (Å²) < 4.78 is 0. The van der Waals surface area contributed by atoms with E-state index in [1.54, 1.807) is 22.7 Å². The molecular weight excluding hydrogens is 561 g/mol. The molecule has 7 heteroatoms. The van der Waals surface area contributed by atoms with Gasteiger partial charge in [0, 0.05) is 31.6 Å². The fourth-order valence-electron chi connectivity index (χ4n) is 4.89. The fourth-order valence-corrected chi connectivity index (χ4v) is 9.63. The third-order valence-electron chi connectivity index (χ3n) is 6.94. The maximum absolute atomic E-state index is 5.43. The van der Waals surface area contributed by atoms with Crippen molar-refractivity contribution in [2.45, 2.75) is 58.8 Å². The second-order valence-corrected chi connectivity index (χ2v) is 14.0. The van der Waals surface area contributed by atoms with Crippen LogP contribution in [0.2, 0.25) is 0 Å². The molecule has 2 nitrogen and oxygen atoms in total. The van der Waals surface area contributed by atoms with Crippen LogP contribution in [-0.4, -0.2) is 9.97 Å². The van der Waals surface area contributed by atoms with Crippen molar-refractivity contribution in [2.75, 3.05) is 0 Å². The highest BCUT2D eigenvalue weighted by Gasteiger charge is 2.24. The predicted octanol–water partition coefficient (Wildman–Crippen LogP) is 11.8. The quantitative estimate of drug-likeness (QED) is 0.140. The smallest absolute Gasteiger partial charge is 0.110 e. The molecular formula is C31H30N2S5. The van der Waals surface area contributed by atoms with E-state index in [4.69, 9.17) is 9.97 Å². The topological polar surface area (TPSA) is 25.8 Å². The number of aryl methyl sites for hydroxylation is 2. The summed E-state index contributed by atoms with van der Waals surface area (Å²) in [4.78, 5) is 16.1. The SMILES string of the molecule is CCCCCCCCc1ccsc1-c1sc(-c2sccc2C)c2nc(-c3ccsc3)c(-c3ccsc3)nc12. The zero-order chi connectivity index (χ0) is 25.9. The highest BCUT2D eigenvalue weighted by Crippen LogP contribution is 2.49. The Balaban J connectivity index is 1.49. The average molecular weight is 591 g/mol. The zero-order valence-corrected chi connectivity index (χ0v) is 25.7. The standard InChI is InChI=1S/C31H30N2S5/c1-3-4-5-6-7-8-9-21-13-17-37-29(21)31-27-26(30(38-31)28-20(2)10-16-36-28)32-24(22-11-14-34-18-22)25(33-27)23-12-15-35-19-23/h10-19H,3-9H2,1-2H3. The Kier molecular flexibility index (Phi) is 8.19. The van der Waals surface area contributed by atoms with Gasteiger partial charge in [0.05, 0.1) is 21.1 Å². The molecule has 0 saturated heterocycles. The van der Waals surface area contributed by atoms with E-state index >= 15 is 0 Å². The van der Waals surface area contributed by atoms with Crippen molar-refractivity contribution in [3.8, 4) is 42.0 Å². The molecule has 6 rings (SSSR count). The molecule has 194 valence electrons. The van der Waals surface area contributed by atoms with E-state index in [1.807, 2.05) is 34.0 Å². The number of unbranched alkanes of at least 4 members (excludes halogenated alkanes) is 5. The van der Waals surface area contributed by atoms with Crippen LogP contribution in [-0.2, 0) is 6.42 Å². The van der Waals surface area contributed by atoms with E-state index in [1.165, 1.54) is 69.2 Å². The molecule has 0 unspecified atom stereocenters. The zero-order valence-electron chi connectivity index (χ0n) is 21.7. The molecule has 0 aliphatic rings. The van der Waals surface area contributed by atoms with Crippen LogP contribution >= 0.6 is 56.7 Å². The number of hydrogen-bond donors (Lipinski definition) is 0. The van der Waals surface area contributed by atoms with E-state index < -0.39 is 0 Å². The highest BCUT2D eigenvalue weighted by atomic mass is 32.1. The van der Waals surface area contributed by atoms with E-state index in [9.17, 15) is 0 Å². The van der Waals surface area contributed by atoms with Gasteiger partial charge in [-0.1, -0.05) is 39.0 Å². The van der Waals surface area contributed by atoms with Gasteiger partial charge < -0.3 is 0 Å². The summed E-state index contributed by atoms with van der Waals surface area (Å²) >= 11 is 8.97. The first-order valence-electron chi connectivity index (χ1n) is 13.3. The van der Waals surface area contributed by atoms with Crippen LogP contribution in [0.3, 0.4) is 0 Å². The molecule has 0 radical (unpaired) electrons. The van der Waals surface area contributed by atoms with Crippen molar-refractivity contribution in [3.63, 3.8) is 0 Å². The van der Waals surface area contributed by atoms with Crippen LogP contribution < -0.4 is 0 Å². The molecule has 0 atom stereocenters. The highest BCUT2D eigenvalue weighted by molar-refractivity contribution is 7.27. The van der Waals surface area contributed by atoms with Crippen molar-refractivity contribution in [1.29, 1.82) is 0 Å². The average Bonchev–Trinajstić information content (AvgIpc) is 3.76. The normalized spacial score (nSPS) is 11.6. The number of thiophene rings is 5. The molecule has 0 aliphatic heterocycles. The second-order valence-electron chi connectivity index (χ2n) is 9.63. The van der Waals surface area contributed by atoms with Crippen molar-refractivity contribution < 1.29 is 0 Å². The summed E-state index contributed by atoms with van der Waals surface area (Å²) in [5.41, 5.74) is 9.12. The lowest BCUT2D eigenvalue weighted by Gasteiger charge is -2.08. The maximum Gasteiger partial charge on any atom is 0.110 e. The minimum atomic E-state index is 0.982. The van der Waals surface area contributed by atoms with Crippen molar-refractivity contribution in [1.82, 2.24) is 9.97 Å². The fraction of sp³-hybridized carbons (Fsp3) is 0.290. The predicted molar refractivity (Wildman–Crippen MR) is 172 cm³/mol. The van der Waals surface area contributed by atoms with E-state index in [0.29, 0.717) is 0 Å². The summed E-state index contributed by atoms with van der Waals surface area (Å²) in [6, 6.07) is 8.88. The molecule has 0 aromatic carbocycles. The molecule has 0 amide bonds. The second kappa shape index (κ2) is 11.9. The Morgan fingerprint density at radius 3 is 1.84 bits per heavy atom. The first kappa shape index (κ1) is 26.1. The van der Waals surface area contributed by atoms with E-state index in [-0.39, 0.29) is 0 Å². The van der Waals surface area contributed by atoms with Gasteiger partial charge in [0.25, 0.3) is 0 Å². The number of nitrogens with zero attached hydrogens (tertiary/aromatic N) is 2. The summed E-state index contributed by atoms with van der Waals surface area (Å²) in [6.07, 6.45) is 9.06. The van der Waals surface area contributed by atoms with Gasteiger partial charge in [-0.25, -0.2) is 9.97 Å². The first-order valence-corrected chi connectivity index (χ1v) is 17.7. The Labute approximate surface area is 244 Å². The van der Waals surface area contributed by atoms with Crippen LogP contribution in [0, 0.1) is 6.92 Å². The Bertz CT molecular complexity index is 1620. The maximum atomic E-state index is 5.43. The molecule has 6 aromatic rings. The molecule has 0 spiro atoms. The minimum Gasteiger partial charge on any atom is -0.242 e. The molecule has 6 heterocycles. The van der Waals surface area contributed by atoms with Crippen LogP contribution in [0.5, 0.6) is 0 Å². The van der Waals surface area contributed by atoms with Crippen molar-refractivity contribution >= 4 is 67.7 Å². The molecule has 0 saturated carbocycles. The van der Waals surface area contributed by atoms with Crippen LogP contribution in [0.1, 0.15) is 56.6 Å². The Morgan fingerprint density at radius 1 is 0.632 bits per heavy atom. The van der Waals surface area contributed by atoms with E-state index in [0.717, 1.165) is 40.0 Å². The van der Waals surface area contributed by atoms with Crippen molar-refractivity contribution in [2.24, 2.45) is 0 Å². The lowest BCUT2D eigenvalue weighted by Crippen LogP contribution is -1.94. The van der Waals surface area contributed by atoms with Gasteiger partial charge in [-0.3, -0.25) is 0 Å². The van der Waals surface area contributed by atoms with E-state index in [2.05, 4.69) is 70.4 Å². The summed E-state index contributed by atoms with van der Waals surface area (Å²) in [5.74, 6) is 0. The number of aromatic nitrogens is 2. The molecule has 0 N–H and O–H groups in total. The molecule has 0 bridgehead atoms. The van der Waals surface area contributed by atoms with Gasteiger partial charge in [-0.2, -0.15) is 22.7 Å². The number of hydrogen-bond acceptors (Lipinski definition) is 7. The van der Waals surface area contributed by atoms with Crippen LogP contribution in [0.4, 0.5) is 0 Å². The number of fused-ring (bicyclic) bond motifs is 1. The van der Waals surface area contributed by atoms with Gasteiger partial charge in [0.15, 0.2) is 0 Å². The summed E-state index contributed by atoms with van der Waals surface area (Å²) in [7, 11) is 0. The van der Waals surface area contributed by atoms with Gasteiger partial charge in [-0.05, 0) is 76.7 Å². The van der Waals surface area contributed by atoms with Gasteiger partial charge in [0.1, 0.15) is 11.0 Å². The molecule has 6 aromatic heterocycles. The third kappa shape index (κ3) is 5.19. The Morgan fingerprint density at radius 2 is 1.24 bits per heavy atom. The third-order valence-corrected chi connectivity index (χ3v) is 11.8. The summed E-state index contributed by atoms with van der Waals surface area (Å²) in [5, 5.41) is 13.1. The van der Waals surface area contributed by atoms with Gasteiger partial charge >= 0.3 is 0 Å². The van der Waals surface area contributed by atoms with Gasteiger partial charge in [-0.15, -0.1) is 34.0 Å². The largest absolute Gasteiger partial charge is 0.242 e. The Hall–Kier alpha value is -2.16. The van der Waals surface area contributed by atoms with Crippen LogP contribution in [0.15, 0.2) is 56.5 Å². The number of rotatable bonds is 11. The summed E-state index contributed by atoms with van der Waals surface area (Å²) in [6.45, 7) is 4.49. The van der Waals surface area contributed by atoms with Gasteiger partial charge in [0.2, 0.25) is 0 Å². The lowest BCUT2D eigenvalue weighted by atomic mass is 10.0. The lowest BCUT2D eigenvalue weighted by molar-refractivity contribution is 0.608. The molecule has 0 fully saturated rings. The van der Waals surface area contributed by atoms with Crippen molar-refractivity contribution in [3.05, 3.63) is 67.7 Å².